The molecule has 1 saturated heterocycles. The van der Waals surface area contributed by atoms with Crippen molar-refractivity contribution in [3.8, 4) is 0 Å². The van der Waals surface area contributed by atoms with Gasteiger partial charge in [0.15, 0.2) is 4.32 Å². The predicted molar refractivity (Wildman–Crippen MR) is 109 cm³/mol. The van der Waals surface area contributed by atoms with Gasteiger partial charge in [0, 0.05) is 0 Å². The average molecular weight is 381 g/mol. The highest BCUT2D eigenvalue weighted by Gasteiger charge is 2.33. The quantitative estimate of drug-likeness (QED) is 0.612. The van der Waals surface area contributed by atoms with Crippen molar-refractivity contribution >= 4 is 51.9 Å². The average Bonchev–Trinajstić information content (AvgIpc) is 2.89. The molecule has 1 amide bonds. The van der Waals surface area contributed by atoms with Crippen LogP contribution in [-0.2, 0) is 4.79 Å². The Balaban J connectivity index is 1.88. The van der Waals surface area contributed by atoms with Crippen LogP contribution in [0.3, 0.4) is 0 Å². The Morgan fingerprint density at radius 1 is 1.15 bits per heavy atom. The van der Waals surface area contributed by atoms with Crippen LogP contribution in [0.15, 0.2) is 71.2 Å². The molecule has 26 heavy (non-hydrogen) atoms. The summed E-state index contributed by atoms with van der Waals surface area (Å²) >= 11 is 6.54. The molecule has 1 aliphatic heterocycles. The van der Waals surface area contributed by atoms with Gasteiger partial charge >= 0.3 is 5.97 Å². The van der Waals surface area contributed by atoms with E-state index < -0.39 is 5.97 Å². The number of thiocarbonyl (C=S) groups is 1. The zero-order chi connectivity index (χ0) is 18.7. The molecule has 0 aliphatic carbocycles. The van der Waals surface area contributed by atoms with Crippen molar-refractivity contribution in [2.75, 3.05) is 4.90 Å². The number of hydrogen-bond donors (Lipinski definition) is 1. The first-order valence-corrected chi connectivity index (χ1v) is 9.03. The lowest BCUT2D eigenvalue weighted by atomic mass is 10.1. The Labute approximate surface area is 160 Å². The number of thioether (sulfide) groups is 1. The van der Waals surface area contributed by atoms with Gasteiger partial charge in [-0.1, -0.05) is 66.5 Å². The first-order valence-electron chi connectivity index (χ1n) is 7.80. The molecule has 4 nitrogen and oxygen atoms in total. The highest BCUT2D eigenvalue weighted by molar-refractivity contribution is 8.27. The normalized spacial score (nSPS) is 16.4. The number of nitrogens with zero attached hydrogens (tertiary/aromatic N) is 1. The van der Waals surface area contributed by atoms with Crippen LogP contribution in [0.1, 0.15) is 22.8 Å². The van der Waals surface area contributed by atoms with E-state index in [0.29, 0.717) is 14.9 Å². The fourth-order valence-electron chi connectivity index (χ4n) is 2.53. The molecule has 1 fully saturated rings. The molecular formula is C20H15NO3S2. The molecule has 2 aromatic rings. The molecule has 0 saturated carbocycles. The molecule has 0 bridgehead atoms. The number of rotatable bonds is 4. The molecule has 0 atom stereocenters. The predicted octanol–water partition coefficient (Wildman–Crippen LogP) is 4.74. The van der Waals surface area contributed by atoms with E-state index in [2.05, 4.69) is 0 Å². The molecule has 0 spiro atoms. The molecule has 1 heterocycles. The van der Waals surface area contributed by atoms with Crippen molar-refractivity contribution in [3.05, 3.63) is 82.3 Å². The fraction of sp³-hybridized carbons (Fsp3) is 0.0500. The van der Waals surface area contributed by atoms with Crippen molar-refractivity contribution < 1.29 is 14.7 Å². The van der Waals surface area contributed by atoms with Crippen LogP contribution in [0, 0.1) is 0 Å². The van der Waals surface area contributed by atoms with E-state index in [1.54, 1.807) is 18.2 Å². The zero-order valence-electron chi connectivity index (χ0n) is 13.9. The largest absolute Gasteiger partial charge is 0.478 e. The third-order valence-corrected chi connectivity index (χ3v) is 5.00. The summed E-state index contributed by atoms with van der Waals surface area (Å²) in [4.78, 5) is 25.8. The second kappa shape index (κ2) is 7.68. The lowest BCUT2D eigenvalue weighted by Crippen LogP contribution is -2.27. The van der Waals surface area contributed by atoms with Gasteiger partial charge in [-0.3, -0.25) is 9.69 Å². The summed E-state index contributed by atoms with van der Waals surface area (Å²) in [5.74, 6) is -1.29. The summed E-state index contributed by atoms with van der Waals surface area (Å²) in [6.45, 7) is 1.92. The summed E-state index contributed by atoms with van der Waals surface area (Å²) in [6, 6.07) is 16.0. The van der Waals surface area contributed by atoms with E-state index in [1.807, 2.05) is 43.3 Å². The molecule has 130 valence electrons. The SMILES string of the molecule is CC(=C/c1ccccc1)/C=C1\SC(=S)N(c2cccc(C(=O)O)c2)C1=O. The summed E-state index contributed by atoms with van der Waals surface area (Å²) < 4.78 is 0.385. The highest BCUT2D eigenvalue weighted by Crippen LogP contribution is 2.35. The van der Waals surface area contributed by atoms with Crippen LogP contribution in [0.5, 0.6) is 0 Å². The van der Waals surface area contributed by atoms with Crippen LogP contribution < -0.4 is 4.90 Å². The number of carbonyl (C=O) groups is 2. The third kappa shape index (κ3) is 3.92. The summed E-state index contributed by atoms with van der Waals surface area (Å²) in [7, 11) is 0. The van der Waals surface area contributed by atoms with Gasteiger partial charge in [-0.25, -0.2) is 4.79 Å². The molecule has 3 rings (SSSR count). The van der Waals surface area contributed by atoms with E-state index in [9.17, 15) is 9.59 Å². The number of carboxylic acid groups (broad SMARTS) is 1. The minimum Gasteiger partial charge on any atom is -0.478 e. The monoisotopic (exact) mass is 381 g/mol. The molecule has 2 aromatic carbocycles. The topological polar surface area (TPSA) is 57.6 Å². The van der Waals surface area contributed by atoms with E-state index in [4.69, 9.17) is 17.3 Å². The molecule has 1 aliphatic rings. The molecular weight excluding hydrogens is 366 g/mol. The number of benzene rings is 2. The van der Waals surface area contributed by atoms with Crippen LogP contribution in [-0.4, -0.2) is 21.3 Å². The van der Waals surface area contributed by atoms with Gasteiger partial charge in [0.25, 0.3) is 5.91 Å². The Morgan fingerprint density at radius 3 is 2.58 bits per heavy atom. The number of carbonyl (C=O) groups excluding carboxylic acids is 1. The van der Waals surface area contributed by atoms with Gasteiger partial charge in [0.1, 0.15) is 0 Å². The van der Waals surface area contributed by atoms with Crippen LogP contribution in [0.25, 0.3) is 6.08 Å². The Hall–Kier alpha value is -2.70. The van der Waals surface area contributed by atoms with Gasteiger partial charge in [-0.05, 0) is 42.3 Å². The smallest absolute Gasteiger partial charge is 0.335 e. The maximum Gasteiger partial charge on any atom is 0.335 e. The molecule has 0 aromatic heterocycles. The maximum atomic E-state index is 12.8. The van der Waals surface area contributed by atoms with Crippen molar-refractivity contribution in [2.24, 2.45) is 0 Å². The van der Waals surface area contributed by atoms with E-state index >= 15 is 0 Å². The molecule has 6 heteroatoms. The summed E-state index contributed by atoms with van der Waals surface area (Å²) in [5.41, 5.74) is 2.54. The van der Waals surface area contributed by atoms with Crippen LogP contribution in [0.2, 0.25) is 0 Å². The summed E-state index contributed by atoms with van der Waals surface area (Å²) in [5, 5.41) is 9.13. The number of allylic oxidation sites excluding steroid dienone is 2. The Morgan fingerprint density at radius 2 is 1.88 bits per heavy atom. The lowest BCUT2D eigenvalue weighted by Gasteiger charge is -2.14. The molecule has 1 N–H and O–H groups in total. The number of carboxylic acids is 1. The number of hydrogen-bond acceptors (Lipinski definition) is 4. The molecule has 0 unspecified atom stereocenters. The number of amides is 1. The van der Waals surface area contributed by atoms with Crippen molar-refractivity contribution in [2.45, 2.75) is 6.92 Å². The third-order valence-electron chi connectivity index (χ3n) is 3.70. The molecule has 0 radical (unpaired) electrons. The second-order valence-electron chi connectivity index (χ2n) is 5.67. The number of anilines is 1. The first kappa shape index (κ1) is 18.1. The zero-order valence-corrected chi connectivity index (χ0v) is 15.5. The van der Waals surface area contributed by atoms with E-state index in [-0.39, 0.29) is 11.5 Å². The Kier molecular flexibility index (Phi) is 5.35. The minimum atomic E-state index is -1.05. The van der Waals surface area contributed by atoms with Crippen LogP contribution in [0.4, 0.5) is 5.69 Å². The lowest BCUT2D eigenvalue weighted by molar-refractivity contribution is -0.113. The van der Waals surface area contributed by atoms with Gasteiger partial charge in [-0.15, -0.1) is 0 Å². The standard InChI is InChI=1S/C20H15NO3S2/c1-13(10-14-6-3-2-4-7-14)11-17-18(22)21(20(25)26-17)16-9-5-8-15(12-16)19(23)24/h2-12H,1H3,(H,23,24)/b13-10-,17-11-. The van der Waals surface area contributed by atoms with Crippen LogP contribution >= 0.6 is 24.0 Å². The fourth-order valence-corrected chi connectivity index (χ4v) is 3.88. The van der Waals surface area contributed by atoms with Gasteiger partial charge in [0.2, 0.25) is 0 Å². The van der Waals surface area contributed by atoms with E-state index in [1.165, 1.54) is 28.8 Å². The van der Waals surface area contributed by atoms with E-state index in [0.717, 1.165) is 11.1 Å². The van der Waals surface area contributed by atoms with Gasteiger partial charge in [0.05, 0.1) is 16.2 Å². The van der Waals surface area contributed by atoms with Gasteiger partial charge in [-0.2, -0.15) is 0 Å². The van der Waals surface area contributed by atoms with Gasteiger partial charge < -0.3 is 5.11 Å². The minimum absolute atomic E-state index is 0.112. The first-order chi connectivity index (χ1) is 12.5. The highest BCUT2D eigenvalue weighted by atomic mass is 32.2. The Bertz CT molecular complexity index is 949. The van der Waals surface area contributed by atoms with Crippen molar-refractivity contribution in [1.82, 2.24) is 0 Å². The van der Waals surface area contributed by atoms with Crippen molar-refractivity contribution in [1.29, 1.82) is 0 Å². The maximum absolute atomic E-state index is 12.8. The van der Waals surface area contributed by atoms with Crippen molar-refractivity contribution in [3.63, 3.8) is 0 Å². The second-order valence-corrected chi connectivity index (χ2v) is 7.35. The number of aromatic carboxylic acids is 1. The summed E-state index contributed by atoms with van der Waals surface area (Å²) in [6.07, 6.45) is 3.78.